The Bertz CT molecular complexity index is 990. The highest BCUT2D eigenvalue weighted by Crippen LogP contribution is 2.53. The van der Waals surface area contributed by atoms with Gasteiger partial charge in [-0.05, 0) is 51.5 Å². The molecule has 4 nitrogen and oxygen atoms in total. The van der Waals surface area contributed by atoms with Crippen LogP contribution in [-0.2, 0) is 19.4 Å². The third-order valence-corrected chi connectivity index (χ3v) is 9.56. The zero-order chi connectivity index (χ0) is 27.0. The minimum atomic E-state index is -2.54. The monoisotopic (exact) mass is 550 g/mol. The molecule has 1 aliphatic heterocycles. The molecule has 2 N–H and O–H groups in total. The molecule has 2 fully saturated rings. The summed E-state index contributed by atoms with van der Waals surface area (Å²) < 4.78 is 26.4. The average Bonchev–Trinajstić information content (AvgIpc) is 3.27. The van der Waals surface area contributed by atoms with Crippen molar-refractivity contribution >= 4 is 22.7 Å². The van der Waals surface area contributed by atoms with Crippen molar-refractivity contribution < 1.29 is 8.78 Å². The maximum Gasteiger partial charge on any atom is 0.245 e. The molecule has 3 heterocycles. The quantitative estimate of drug-likeness (QED) is 0.340. The lowest BCUT2D eigenvalue weighted by molar-refractivity contribution is 0.00674. The van der Waals surface area contributed by atoms with Crippen LogP contribution in [0.1, 0.15) is 90.5 Å². The van der Waals surface area contributed by atoms with Crippen molar-refractivity contribution in [3.63, 3.8) is 0 Å². The van der Waals surface area contributed by atoms with Crippen LogP contribution in [0.15, 0.2) is 30.8 Å². The number of aryl methyl sites for hydroxylation is 1. The molecule has 5 rings (SSSR count). The minimum Gasteiger partial charge on any atom is -0.402 e. The largest absolute Gasteiger partial charge is 0.402 e. The number of rotatable bonds is 8. The average molecular weight is 551 g/mol. The van der Waals surface area contributed by atoms with Gasteiger partial charge < -0.3 is 5.73 Å². The second-order valence-corrected chi connectivity index (χ2v) is 12.9. The maximum absolute atomic E-state index is 13.2. The van der Waals surface area contributed by atoms with Gasteiger partial charge in [-0.25, -0.2) is 18.7 Å². The lowest BCUT2D eigenvalue weighted by atomic mass is 9.87. The summed E-state index contributed by atoms with van der Waals surface area (Å²) in [5.41, 5.74) is 8.38. The fourth-order valence-corrected chi connectivity index (χ4v) is 7.47. The molecule has 2 aromatic rings. The molecule has 2 aliphatic carbocycles. The van der Waals surface area contributed by atoms with Crippen LogP contribution in [-0.4, -0.2) is 33.9 Å². The smallest absolute Gasteiger partial charge is 0.245 e. The number of hydrogen-bond donors (Lipinski definition) is 1. The van der Waals surface area contributed by atoms with E-state index >= 15 is 0 Å². The van der Waals surface area contributed by atoms with Gasteiger partial charge in [-0.1, -0.05) is 38.7 Å². The number of aromatic nitrogens is 2. The third kappa shape index (κ3) is 9.88. The maximum atomic E-state index is 13.2. The molecule has 8 heteroatoms. The van der Waals surface area contributed by atoms with Crippen molar-refractivity contribution in [1.82, 2.24) is 14.9 Å². The Morgan fingerprint density at radius 1 is 1.22 bits per heavy atom. The lowest BCUT2D eigenvalue weighted by Gasteiger charge is -2.29. The number of nitrogens with zero attached hydrogens (tertiary/aromatic N) is 3. The highest BCUT2D eigenvalue weighted by Gasteiger charge is 2.45. The molecule has 0 radical (unpaired) electrons. The van der Waals surface area contributed by atoms with E-state index in [-0.39, 0.29) is 12.3 Å². The van der Waals surface area contributed by atoms with Crippen LogP contribution >= 0.6 is 22.7 Å². The lowest BCUT2D eigenvalue weighted by Crippen LogP contribution is -2.32. The number of thiazole rings is 2. The molecule has 37 heavy (non-hydrogen) atoms. The van der Waals surface area contributed by atoms with Gasteiger partial charge in [-0.15, -0.1) is 35.8 Å². The highest BCUT2D eigenvalue weighted by molar-refractivity contribution is 7.11. The zero-order valence-corrected chi connectivity index (χ0v) is 24.2. The predicted octanol–water partition coefficient (Wildman–Crippen LogP) is 7.89. The molecule has 0 amide bonds. The Labute approximate surface area is 230 Å². The van der Waals surface area contributed by atoms with Crippen LogP contribution in [0, 0.1) is 18.8 Å². The molecule has 0 spiro atoms. The first-order valence-electron chi connectivity index (χ1n) is 13.6. The van der Waals surface area contributed by atoms with E-state index < -0.39 is 5.92 Å². The van der Waals surface area contributed by atoms with E-state index in [2.05, 4.69) is 29.6 Å². The van der Waals surface area contributed by atoms with Crippen molar-refractivity contribution in [2.45, 2.75) is 96.4 Å². The van der Waals surface area contributed by atoms with E-state index in [0.29, 0.717) is 18.0 Å². The van der Waals surface area contributed by atoms with Crippen molar-refractivity contribution in [3.05, 3.63) is 57.1 Å². The second kappa shape index (κ2) is 13.9. The summed E-state index contributed by atoms with van der Waals surface area (Å²) in [6, 6.07) is 0. The summed E-state index contributed by atoms with van der Waals surface area (Å²) in [5, 5.41) is 4.19. The Balaban J connectivity index is 0.000000266. The SMILES string of the molecule is C=C.C=C(N)Cc1nc(C)cs1.CC(F)(F)CC1CC1c1nc2c(s1)CCN(CCC1CCCCC1)C2. The molecule has 2 saturated carbocycles. The van der Waals surface area contributed by atoms with Crippen molar-refractivity contribution in [3.8, 4) is 0 Å². The van der Waals surface area contributed by atoms with E-state index in [1.54, 1.807) is 22.7 Å². The first kappa shape index (κ1) is 29.9. The van der Waals surface area contributed by atoms with Gasteiger partial charge in [0.1, 0.15) is 0 Å². The number of fused-ring (bicyclic) bond motifs is 1. The molecule has 2 atom stereocenters. The summed E-state index contributed by atoms with van der Waals surface area (Å²) in [6.45, 7) is 15.9. The minimum absolute atomic E-state index is 0.0232. The van der Waals surface area contributed by atoms with Crippen LogP contribution in [0.3, 0.4) is 0 Å². The molecule has 0 saturated heterocycles. The van der Waals surface area contributed by atoms with Crippen molar-refractivity contribution in [1.29, 1.82) is 0 Å². The van der Waals surface area contributed by atoms with Gasteiger partial charge in [0.15, 0.2) is 0 Å². The summed E-state index contributed by atoms with van der Waals surface area (Å²) in [4.78, 5) is 13.1. The first-order chi connectivity index (χ1) is 17.7. The summed E-state index contributed by atoms with van der Waals surface area (Å²) in [7, 11) is 0. The number of nitrogens with two attached hydrogens (primary N) is 1. The fraction of sp³-hybridized carbons (Fsp3) is 0.655. The van der Waals surface area contributed by atoms with E-state index in [0.717, 1.165) is 54.5 Å². The van der Waals surface area contributed by atoms with Gasteiger partial charge in [0, 0.05) is 53.5 Å². The van der Waals surface area contributed by atoms with Crippen molar-refractivity contribution in [2.75, 3.05) is 13.1 Å². The normalized spacial score (nSPS) is 21.7. The predicted molar refractivity (Wildman–Crippen MR) is 154 cm³/mol. The summed E-state index contributed by atoms with van der Waals surface area (Å²) >= 11 is 3.43. The van der Waals surface area contributed by atoms with Crippen LogP contribution in [0.25, 0.3) is 0 Å². The van der Waals surface area contributed by atoms with E-state index in [1.165, 1.54) is 55.6 Å². The third-order valence-electron chi connectivity index (χ3n) is 7.31. The number of hydrogen-bond acceptors (Lipinski definition) is 6. The Morgan fingerprint density at radius 3 is 2.57 bits per heavy atom. The van der Waals surface area contributed by atoms with Crippen molar-refractivity contribution in [2.24, 2.45) is 17.6 Å². The molecule has 0 aromatic carbocycles. The Hall–Kier alpha value is -1.64. The van der Waals surface area contributed by atoms with E-state index in [1.807, 2.05) is 12.3 Å². The zero-order valence-electron chi connectivity index (χ0n) is 22.6. The van der Waals surface area contributed by atoms with Crippen LogP contribution in [0.5, 0.6) is 0 Å². The van der Waals surface area contributed by atoms with Crippen LogP contribution in [0.4, 0.5) is 8.78 Å². The highest BCUT2D eigenvalue weighted by atomic mass is 32.1. The number of allylic oxidation sites excluding steroid dienone is 1. The number of halogens is 2. The molecular weight excluding hydrogens is 506 g/mol. The topological polar surface area (TPSA) is 55.0 Å². The van der Waals surface area contributed by atoms with Gasteiger partial charge in [-0.2, -0.15) is 0 Å². The van der Waals surface area contributed by atoms with E-state index in [4.69, 9.17) is 10.7 Å². The first-order valence-corrected chi connectivity index (χ1v) is 15.3. The van der Waals surface area contributed by atoms with Crippen LogP contribution < -0.4 is 5.73 Å². The molecule has 3 aliphatic rings. The van der Waals surface area contributed by atoms with E-state index in [9.17, 15) is 8.78 Å². The number of alkyl halides is 2. The summed E-state index contributed by atoms with van der Waals surface area (Å²) in [6.07, 6.45) is 11.2. The molecule has 2 aromatic heterocycles. The fourth-order valence-electron chi connectivity index (χ4n) is 5.38. The van der Waals surface area contributed by atoms with Crippen LogP contribution in [0.2, 0.25) is 0 Å². The second-order valence-electron chi connectivity index (χ2n) is 10.8. The van der Waals surface area contributed by atoms with Gasteiger partial charge in [0.25, 0.3) is 0 Å². The Morgan fingerprint density at radius 2 is 1.95 bits per heavy atom. The van der Waals surface area contributed by atoms with Gasteiger partial charge in [0.05, 0.1) is 15.7 Å². The molecule has 206 valence electrons. The van der Waals surface area contributed by atoms with Gasteiger partial charge >= 0.3 is 0 Å². The van der Waals surface area contributed by atoms with Gasteiger partial charge in [-0.3, -0.25) is 4.90 Å². The van der Waals surface area contributed by atoms with Gasteiger partial charge in [0.2, 0.25) is 5.92 Å². The Kier molecular flexibility index (Phi) is 11.3. The molecule has 2 unspecified atom stereocenters. The standard InChI is InChI=1S/C20H30F2N2S.C7H10N2S.C2H4/c1-20(21,22)12-15-11-16(15)19-23-17-13-24(10-8-18(17)25-19)9-7-14-5-3-2-4-6-14;1-5(8)3-7-9-6(2)4-10-7;1-2/h14-16H,2-13H2,1H3;4H,1,3,8H2,2H3;1-2H2. The molecule has 0 bridgehead atoms. The summed E-state index contributed by atoms with van der Waals surface area (Å²) in [5.74, 6) is -1.15. The molecular formula is C29H44F2N4S2.